The molecule has 25 heavy (non-hydrogen) atoms. The smallest absolute Gasteiger partial charge is 0.272 e. The van der Waals surface area contributed by atoms with Gasteiger partial charge in [-0.1, -0.05) is 36.4 Å². The minimum Gasteiger partial charge on any atom is -0.347 e. The fourth-order valence-electron chi connectivity index (χ4n) is 3.36. The molecule has 0 aliphatic carbocycles. The zero-order chi connectivity index (χ0) is 17.1. The molecule has 5 heteroatoms. The maximum absolute atomic E-state index is 12.4. The molecule has 1 fully saturated rings. The van der Waals surface area contributed by atoms with E-state index in [0.717, 1.165) is 31.5 Å². The first kappa shape index (κ1) is 15.8. The number of rotatable bonds is 4. The van der Waals surface area contributed by atoms with E-state index >= 15 is 0 Å². The molecule has 0 spiro atoms. The second kappa shape index (κ2) is 7.07. The van der Waals surface area contributed by atoms with Crippen LogP contribution in [0.1, 0.15) is 34.9 Å². The number of hydrogen-bond donors (Lipinski definition) is 2. The first-order chi connectivity index (χ1) is 12.3. The number of fused-ring (bicyclic) bond motifs is 1. The number of nitrogens with one attached hydrogen (secondary N) is 2. The van der Waals surface area contributed by atoms with Crippen LogP contribution in [0.15, 0.2) is 54.7 Å². The summed E-state index contributed by atoms with van der Waals surface area (Å²) in [6.45, 7) is 2.52. The third-order valence-corrected chi connectivity index (χ3v) is 4.79. The van der Waals surface area contributed by atoms with E-state index in [1.165, 1.54) is 10.8 Å². The van der Waals surface area contributed by atoms with Crippen LogP contribution >= 0.6 is 0 Å². The molecule has 0 atom stereocenters. The van der Waals surface area contributed by atoms with Crippen LogP contribution in [0.5, 0.6) is 0 Å². The lowest BCUT2D eigenvalue weighted by molar-refractivity contribution is 0.0944. The van der Waals surface area contributed by atoms with Crippen molar-refractivity contribution in [2.24, 2.45) is 0 Å². The molecule has 1 amide bonds. The summed E-state index contributed by atoms with van der Waals surface area (Å²) in [6.07, 6.45) is 4.03. The predicted molar refractivity (Wildman–Crippen MR) is 98.5 cm³/mol. The maximum Gasteiger partial charge on any atom is 0.272 e. The largest absolute Gasteiger partial charge is 0.347 e. The van der Waals surface area contributed by atoms with Crippen molar-refractivity contribution in [2.45, 2.75) is 25.4 Å². The summed E-state index contributed by atoms with van der Waals surface area (Å²) < 4.78 is 1.94. The Balaban J connectivity index is 1.40. The van der Waals surface area contributed by atoms with Crippen LogP contribution in [0, 0.1) is 0 Å². The van der Waals surface area contributed by atoms with Gasteiger partial charge in [0.1, 0.15) is 5.69 Å². The van der Waals surface area contributed by atoms with Crippen LogP contribution in [0.4, 0.5) is 0 Å². The van der Waals surface area contributed by atoms with E-state index in [-0.39, 0.29) is 5.91 Å². The Morgan fingerprint density at radius 3 is 2.76 bits per heavy atom. The predicted octanol–water partition coefficient (Wildman–Crippen LogP) is 2.89. The van der Waals surface area contributed by atoms with E-state index in [4.69, 9.17) is 0 Å². The Morgan fingerprint density at radius 1 is 1.12 bits per heavy atom. The van der Waals surface area contributed by atoms with Gasteiger partial charge in [-0.3, -0.25) is 9.48 Å². The van der Waals surface area contributed by atoms with Crippen LogP contribution in [0.2, 0.25) is 0 Å². The molecule has 0 bridgehead atoms. The zero-order valence-corrected chi connectivity index (χ0v) is 14.1. The van der Waals surface area contributed by atoms with Crippen LogP contribution in [0.3, 0.4) is 0 Å². The minimum absolute atomic E-state index is 0.124. The van der Waals surface area contributed by atoms with E-state index in [9.17, 15) is 4.79 Å². The molecule has 0 unspecified atom stereocenters. The molecule has 2 aromatic carbocycles. The Bertz CT molecular complexity index is 880. The van der Waals surface area contributed by atoms with E-state index in [2.05, 4.69) is 46.1 Å². The molecular weight excluding hydrogens is 312 g/mol. The third kappa shape index (κ3) is 3.56. The summed E-state index contributed by atoms with van der Waals surface area (Å²) >= 11 is 0. The molecule has 1 saturated heterocycles. The topological polar surface area (TPSA) is 59.0 Å². The SMILES string of the molecule is O=C(NCc1ccc2ccccc2c1)c1ccn(C2CCNCC2)n1. The van der Waals surface area contributed by atoms with Crippen molar-refractivity contribution in [3.8, 4) is 0 Å². The molecule has 1 aliphatic rings. The van der Waals surface area contributed by atoms with Gasteiger partial charge >= 0.3 is 0 Å². The van der Waals surface area contributed by atoms with Gasteiger partial charge in [0, 0.05) is 12.7 Å². The molecule has 2 heterocycles. The van der Waals surface area contributed by atoms with Crippen molar-refractivity contribution in [3.63, 3.8) is 0 Å². The Morgan fingerprint density at radius 2 is 1.92 bits per heavy atom. The molecule has 1 aliphatic heterocycles. The number of hydrogen-bond acceptors (Lipinski definition) is 3. The number of benzene rings is 2. The van der Waals surface area contributed by atoms with Gasteiger partial charge in [-0.25, -0.2) is 0 Å². The van der Waals surface area contributed by atoms with Crippen LogP contribution < -0.4 is 10.6 Å². The van der Waals surface area contributed by atoms with Crippen molar-refractivity contribution < 1.29 is 4.79 Å². The van der Waals surface area contributed by atoms with Crippen LogP contribution in [0.25, 0.3) is 10.8 Å². The van der Waals surface area contributed by atoms with Gasteiger partial charge in [0.15, 0.2) is 0 Å². The van der Waals surface area contributed by atoms with Crippen molar-refractivity contribution in [3.05, 3.63) is 66.0 Å². The van der Waals surface area contributed by atoms with Gasteiger partial charge in [-0.15, -0.1) is 0 Å². The zero-order valence-electron chi connectivity index (χ0n) is 14.1. The van der Waals surface area contributed by atoms with Crippen molar-refractivity contribution in [1.82, 2.24) is 20.4 Å². The average molecular weight is 334 g/mol. The molecule has 0 saturated carbocycles. The molecule has 0 radical (unpaired) electrons. The number of carbonyl (C=O) groups is 1. The summed E-state index contributed by atoms with van der Waals surface area (Å²) in [5, 5.41) is 13.2. The first-order valence-corrected chi connectivity index (χ1v) is 8.81. The number of amides is 1. The fourth-order valence-corrected chi connectivity index (χ4v) is 3.36. The normalized spacial score (nSPS) is 15.4. The number of aromatic nitrogens is 2. The summed E-state index contributed by atoms with van der Waals surface area (Å²) in [5.74, 6) is -0.124. The minimum atomic E-state index is -0.124. The Labute approximate surface area is 147 Å². The lowest BCUT2D eigenvalue weighted by atomic mass is 10.1. The second-order valence-electron chi connectivity index (χ2n) is 6.53. The standard InChI is InChI=1S/C20H22N4O/c25-20(19-9-12-24(23-19)18-7-10-21-11-8-18)22-14-15-5-6-16-3-1-2-4-17(16)13-15/h1-6,9,12-13,18,21H,7-8,10-11,14H2,(H,22,25). The first-order valence-electron chi connectivity index (χ1n) is 8.81. The van der Waals surface area contributed by atoms with Gasteiger partial charge in [-0.05, 0) is 54.4 Å². The lowest BCUT2D eigenvalue weighted by Crippen LogP contribution is -2.30. The summed E-state index contributed by atoms with van der Waals surface area (Å²) in [6, 6.07) is 16.7. The van der Waals surface area contributed by atoms with Crippen molar-refractivity contribution in [2.75, 3.05) is 13.1 Å². The van der Waals surface area contributed by atoms with Crippen molar-refractivity contribution in [1.29, 1.82) is 0 Å². The maximum atomic E-state index is 12.4. The number of carbonyl (C=O) groups excluding carboxylic acids is 1. The molecule has 3 aromatic rings. The number of nitrogens with zero attached hydrogens (tertiary/aromatic N) is 2. The fraction of sp³-hybridized carbons (Fsp3) is 0.300. The highest BCUT2D eigenvalue weighted by molar-refractivity contribution is 5.92. The highest BCUT2D eigenvalue weighted by atomic mass is 16.1. The molecule has 128 valence electrons. The van der Waals surface area contributed by atoms with Crippen molar-refractivity contribution >= 4 is 16.7 Å². The summed E-state index contributed by atoms with van der Waals surface area (Å²) in [5.41, 5.74) is 1.57. The number of piperidine rings is 1. The second-order valence-corrected chi connectivity index (χ2v) is 6.53. The van der Waals surface area contributed by atoms with Gasteiger partial charge < -0.3 is 10.6 Å². The molecule has 5 nitrogen and oxygen atoms in total. The van der Waals surface area contributed by atoms with Gasteiger partial charge in [0.2, 0.25) is 0 Å². The highest BCUT2D eigenvalue weighted by Gasteiger charge is 2.17. The van der Waals surface area contributed by atoms with Gasteiger partial charge in [0.25, 0.3) is 5.91 Å². The van der Waals surface area contributed by atoms with Gasteiger partial charge in [0.05, 0.1) is 6.04 Å². The quantitative estimate of drug-likeness (QED) is 0.771. The third-order valence-electron chi connectivity index (χ3n) is 4.79. The average Bonchev–Trinajstić information content (AvgIpc) is 3.17. The molecule has 2 N–H and O–H groups in total. The summed E-state index contributed by atoms with van der Waals surface area (Å²) in [7, 11) is 0. The Hall–Kier alpha value is -2.66. The van der Waals surface area contributed by atoms with E-state index in [1.807, 2.05) is 23.0 Å². The Kier molecular flexibility index (Phi) is 4.48. The van der Waals surface area contributed by atoms with E-state index in [1.54, 1.807) is 6.07 Å². The van der Waals surface area contributed by atoms with Crippen LogP contribution in [-0.4, -0.2) is 28.8 Å². The van der Waals surface area contributed by atoms with E-state index in [0.29, 0.717) is 18.3 Å². The molecule has 1 aromatic heterocycles. The summed E-state index contributed by atoms with van der Waals surface area (Å²) in [4.78, 5) is 12.4. The lowest BCUT2D eigenvalue weighted by Gasteiger charge is -2.22. The van der Waals surface area contributed by atoms with E-state index < -0.39 is 0 Å². The molecular formula is C20H22N4O. The van der Waals surface area contributed by atoms with Crippen LogP contribution in [-0.2, 0) is 6.54 Å². The monoisotopic (exact) mass is 334 g/mol. The van der Waals surface area contributed by atoms with Gasteiger partial charge in [-0.2, -0.15) is 5.10 Å². The molecule has 4 rings (SSSR count). The highest BCUT2D eigenvalue weighted by Crippen LogP contribution is 2.18.